The lowest BCUT2D eigenvalue weighted by atomic mass is 10.2. The van der Waals surface area contributed by atoms with Gasteiger partial charge in [0.25, 0.3) is 0 Å². The van der Waals surface area contributed by atoms with Crippen molar-refractivity contribution in [1.29, 1.82) is 0 Å². The van der Waals surface area contributed by atoms with E-state index >= 15 is 0 Å². The number of nitrogens with one attached hydrogen (secondary N) is 1. The number of piperazine rings is 1. The largest absolute Gasteiger partial charge is 0.368 e. The number of hydrogen-bond acceptors (Lipinski definition) is 5. The van der Waals surface area contributed by atoms with Crippen LogP contribution in [-0.2, 0) is 9.59 Å². The molecule has 3 N–H and O–H groups in total. The van der Waals surface area contributed by atoms with Crippen LogP contribution in [0.4, 0.5) is 5.69 Å². The minimum Gasteiger partial charge on any atom is -0.368 e. The molecule has 0 bridgehead atoms. The highest BCUT2D eigenvalue weighted by molar-refractivity contribution is 7.98. The Kier molecular flexibility index (Phi) is 11.2. The first-order valence-corrected chi connectivity index (χ1v) is 10.6. The van der Waals surface area contributed by atoms with Crippen LogP contribution in [-0.4, -0.2) is 67.5 Å². The van der Waals surface area contributed by atoms with Gasteiger partial charge in [0.15, 0.2) is 0 Å². The van der Waals surface area contributed by atoms with Gasteiger partial charge in [-0.15, -0.1) is 12.4 Å². The van der Waals surface area contributed by atoms with Crippen LogP contribution in [0, 0.1) is 0 Å². The summed E-state index contributed by atoms with van der Waals surface area (Å²) in [6.07, 6.45) is 3.79. The van der Waals surface area contributed by atoms with Gasteiger partial charge < -0.3 is 20.9 Å². The van der Waals surface area contributed by atoms with Crippen LogP contribution in [0.25, 0.3) is 0 Å². The number of nitrogens with two attached hydrogens (primary N) is 1. The molecule has 1 saturated heterocycles. The molecular weight excluding hydrogens is 384 g/mol. The van der Waals surface area contributed by atoms with Crippen molar-refractivity contribution in [3.05, 3.63) is 30.3 Å². The molecule has 1 aromatic carbocycles. The number of amides is 2. The lowest BCUT2D eigenvalue weighted by molar-refractivity contribution is -0.131. The average Bonchev–Trinajstić information content (AvgIpc) is 2.69. The van der Waals surface area contributed by atoms with E-state index in [1.807, 2.05) is 29.4 Å². The van der Waals surface area contributed by atoms with Gasteiger partial charge in [-0.1, -0.05) is 18.2 Å². The van der Waals surface area contributed by atoms with Crippen LogP contribution in [0.5, 0.6) is 0 Å². The van der Waals surface area contributed by atoms with Gasteiger partial charge in [-0.05, 0) is 37.0 Å². The summed E-state index contributed by atoms with van der Waals surface area (Å²) >= 11 is 1.68. The maximum absolute atomic E-state index is 12.3. The molecule has 1 aliphatic rings. The van der Waals surface area contributed by atoms with E-state index in [1.165, 1.54) is 5.69 Å². The van der Waals surface area contributed by atoms with Gasteiger partial charge in [0.1, 0.15) is 0 Å². The summed E-state index contributed by atoms with van der Waals surface area (Å²) in [5, 5.41) is 2.83. The third-order valence-electron chi connectivity index (χ3n) is 4.59. The van der Waals surface area contributed by atoms with Gasteiger partial charge >= 0.3 is 0 Å². The second kappa shape index (κ2) is 12.9. The van der Waals surface area contributed by atoms with Crippen molar-refractivity contribution in [2.75, 3.05) is 49.6 Å². The third-order valence-corrected chi connectivity index (χ3v) is 5.23. The first-order valence-electron chi connectivity index (χ1n) is 9.22. The van der Waals surface area contributed by atoms with Crippen LogP contribution in [0.3, 0.4) is 0 Å². The number of rotatable bonds is 9. The lowest BCUT2D eigenvalue weighted by Gasteiger charge is -2.36. The summed E-state index contributed by atoms with van der Waals surface area (Å²) in [6.45, 7) is 3.72. The normalized spacial score (nSPS) is 15.0. The number of carbonyl (C=O) groups is 2. The Morgan fingerprint density at radius 1 is 1.19 bits per heavy atom. The summed E-state index contributed by atoms with van der Waals surface area (Å²) in [4.78, 5) is 28.4. The molecule has 1 atom stereocenters. The van der Waals surface area contributed by atoms with Gasteiger partial charge in [-0.25, -0.2) is 0 Å². The fourth-order valence-electron chi connectivity index (χ4n) is 2.97. The van der Waals surface area contributed by atoms with Crippen LogP contribution in [0.2, 0.25) is 0 Å². The average molecular weight is 415 g/mol. The molecule has 8 heteroatoms. The van der Waals surface area contributed by atoms with Crippen LogP contribution in [0.1, 0.15) is 19.3 Å². The number of halogens is 1. The predicted molar refractivity (Wildman–Crippen MR) is 116 cm³/mol. The summed E-state index contributed by atoms with van der Waals surface area (Å²) in [7, 11) is 0. The van der Waals surface area contributed by atoms with Crippen LogP contribution in [0.15, 0.2) is 30.3 Å². The van der Waals surface area contributed by atoms with Crippen LogP contribution < -0.4 is 16.0 Å². The number of hydrogen-bond donors (Lipinski definition) is 2. The van der Waals surface area contributed by atoms with Gasteiger partial charge in [-0.2, -0.15) is 11.8 Å². The smallest absolute Gasteiger partial charge is 0.236 e. The molecule has 0 aliphatic carbocycles. The highest BCUT2D eigenvalue weighted by atomic mass is 35.5. The van der Waals surface area contributed by atoms with Crippen molar-refractivity contribution in [3.8, 4) is 0 Å². The Labute approximate surface area is 172 Å². The minimum absolute atomic E-state index is 0. The van der Waals surface area contributed by atoms with Crippen molar-refractivity contribution in [1.82, 2.24) is 10.2 Å². The fraction of sp³-hybridized carbons (Fsp3) is 0.579. The van der Waals surface area contributed by atoms with E-state index in [-0.39, 0.29) is 24.2 Å². The van der Waals surface area contributed by atoms with Crippen molar-refractivity contribution in [3.63, 3.8) is 0 Å². The SMILES string of the molecule is CSCC[C@H](N)C(=O)NCCCC(=O)N1CCN(c2ccccc2)CC1.Cl. The van der Waals surface area contributed by atoms with E-state index in [0.717, 1.165) is 31.9 Å². The predicted octanol–water partition coefficient (Wildman–Crippen LogP) is 1.73. The molecule has 0 spiro atoms. The molecule has 1 aromatic rings. The number of anilines is 1. The van der Waals surface area contributed by atoms with E-state index in [4.69, 9.17) is 5.73 Å². The Hall–Kier alpha value is -1.44. The van der Waals surface area contributed by atoms with Gasteiger partial charge in [0.05, 0.1) is 6.04 Å². The summed E-state index contributed by atoms with van der Waals surface area (Å²) in [6, 6.07) is 9.83. The zero-order valence-electron chi connectivity index (χ0n) is 15.9. The molecule has 1 fully saturated rings. The fourth-order valence-corrected chi connectivity index (χ4v) is 3.46. The van der Waals surface area contributed by atoms with Gasteiger partial charge in [0, 0.05) is 44.8 Å². The second-order valence-electron chi connectivity index (χ2n) is 6.49. The first kappa shape index (κ1) is 23.6. The lowest BCUT2D eigenvalue weighted by Crippen LogP contribution is -2.49. The Bertz CT molecular complexity index is 568. The Morgan fingerprint density at radius 3 is 2.48 bits per heavy atom. The minimum atomic E-state index is -0.454. The van der Waals surface area contributed by atoms with E-state index in [1.54, 1.807) is 11.8 Å². The number of para-hydroxylation sites is 1. The molecular formula is C19H31ClN4O2S. The standard InChI is InChI=1S/C19H30N4O2S.ClH/c1-26-15-9-17(20)19(25)21-10-5-8-18(24)23-13-11-22(12-14-23)16-6-3-2-4-7-16;/h2-4,6-7,17H,5,8-15,20H2,1H3,(H,21,25);1H/t17-;/m0./s1. The molecule has 27 heavy (non-hydrogen) atoms. The highest BCUT2D eigenvalue weighted by Crippen LogP contribution is 2.16. The van der Waals surface area contributed by atoms with Crippen molar-refractivity contribution in [2.24, 2.45) is 5.73 Å². The van der Waals surface area contributed by atoms with E-state index < -0.39 is 6.04 Å². The number of benzene rings is 1. The van der Waals surface area contributed by atoms with E-state index in [0.29, 0.717) is 25.8 Å². The third kappa shape index (κ3) is 7.99. The summed E-state index contributed by atoms with van der Waals surface area (Å²) in [5.41, 5.74) is 7.03. The molecule has 152 valence electrons. The van der Waals surface area contributed by atoms with Crippen molar-refractivity contribution < 1.29 is 9.59 Å². The molecule has 2 rings (SSSR count). The molecule has 2 amide bonds. The molecule has 0 aromatic heterocycles. The first-order chi connectivity index (χ1) is 12.6. The summed E-state index contributed by atoms with van der Waals surface area (Å²) in [5.74, 6) is 0.920. The Balaban J connectivity index is 0.00000364. The highest BCUT2D eigenvalue weighted by Gasteiger charge is 2.21. The number of thioether (sulfide) groups is 1. The second-order valence-corrected chi connectivity index (χ2v) is 7.47. The van der Waals surface area contributed by atoms with Crippen molar-refractivity contribution >= 4 is 41.7 Å². The maximum Gasteiger partial charge on any atom is 0.236 e. The zero-order valence-corrected chi connectivity index (χ0v) is 17.6. The topological polar surface area (TPSA) is 78.7 Å². The van der Waals surface area contributed by atoms with Crippen LogP contribution >= 0.6 is 24.2 Å². The zero-order chi connectivity index (χ0) is 18.8. The molecule has 1 aliphatic heterocycles. The van der Waals surface area contributed by atoms with Gasteiger partial charge in [-0.3, -0.25) is 9.59 Å². The molecule has 0 unspecified atom stereocenters. The maximum atomic E-state index is 12.3. The Morgan fingerprint density at radius 2 is 1.85 bits per heavy atom. The quantitative estimate of drug-likeness (QED) is 0.601. The molecule has 1 heterocycles. The molecule has 0 saturated carbocycles. The van der Waals surface area contributed by atoms with E-state index in [2.05, 4.69) is 22.3 Å². The monoisotopic (exact) mass is 414 g/mol. The molecule has 0 radical (unpaired) electrons. The summed E-state index contributed by atoms with van der Waals surface area (Å²) < 4.78 is 0. The van der Waals surface area contributed by atoms with Crippen molar-refractivity contribution in [2.45, 2.75) is 25.3 Å². The number of nitrogens with zero attached hydrogens (tertiary/aromatic N) is 2. The van der Waals surface area contributed by atoms with E-state index in [9.17, 15) is 9.59 Å². The van der Waals surface area contributed by atoms with Gasteiger partial charge in [0.2, 0.25) is 11.8 Å². The molecule has 6 nitrogen and oxygen atoms in total. The number of carbonyl (C=O) groups excluding carboxylic acids is 2.